The van der Waals surface area contributed by atoms with Gasteiger partial charge in [-0.1, -0.05) is 6.07 Å². The average Bonchev–Trinajstić information content (AvgIpc) is 2.82. The number of thiol groups is 1. The fraction of sp³-hybridized carbons (Fsp3) is 0.357. The van der Waals surface area contributed by atoms with Crippen LogP contribution in [0.2, 0.25) is 0 Å². The zero-order valence-corrected chi connectivity index (χ0v) is 12.4. The minimum absolute atomic E-state index is 0.669. The number of hydrogen-bond acceptors (Lipinski definition) is 4. The first-order valence-corrected chi connectivity index (χ1v) is 7.38. The Morgan fingerprint density at radius 2 is 2.11 bits per heavy atom. The second kappa shape index (κ2) is 6.25. The van der Waals surface area contributed by atoms with Crippen LogP contribution in [-0.2, 0) is 12.2 Å². The molecule has 0 bridgehead atoms. The molecule has 1 heterocycles. The largest absolute Gasteiger partial charge is 0.493 e. The summed E-state index contributed by atoms with van der Waals surface area (Å²) in [5, 5.41) is 1.11. The molecule has 0 radical (unpaired) electrons. The standard InChI is InChI=1S/C14H17NOS2/c1-10-3-4-12(7-11(10)2)16-6-5-14-15-8-13(9-17)18-14/h3-4,7-8,17H,5-6,9H2,1-2H3. The lowest BCUT2D eigenvalue weighted by Gasteiger charge is -2.07. The molecule has 96 valence electrons. The third kappa shape index (κ3) is 3.50. The van der Waals surface area contributed by atoms with Crippen LogP contribution in [0, 0.1) is 13.8 Å². The number of benzene rings is 1. The number of ether oxygens (including phenoxy) is 1. The van der Waals surface area contributed by atoms with Crippen molar-refractivity contribution in [3.8, 4) is 5.75 Å². The molecule has 0 atom stereocenters. The summed E-state index contributed by atoms with van der Waals surface area (Å²) in [6.45, 7) is 4.87. The Labute approximate surface area is 117 Å². The zero-order chi connectivity index (χ0) is 13.0. The minimum Gasteiger partial charge on any atom is -0.493 e. The van der Waals surface area contributed by atoms with Gasteiger partial charge >= 0.3 is 0 Å². The maximum absolute atomic E-state index is 5.74. The summed E-state index contributed by atoms with van der Waals surface area (Å²) < 4.78 is 5.74. The third-order valence-electron chi connectivity index (χ3n) is 2.82. The molecule has 4 heteroatoms. The van der Waals surface area contributed by atoms with Gasteiger partial charge in [-0.2, -0.15) is 12.6 Å². The minimum atomic E-state index is 0.669. The molecule has 2 nitrogen and oxygen atoms in total. The van der Waals surface area contributed by atoms with Gasteiger partial charge in [0.15, 0.2) is 0 Å². The molecule has 0 fully saturated rings. The smallest absolute Gasteiger partial charge is 0.119 e. The van der Waals surface area contributed by atoms with Crippen LogP contribution in [-0.4, -0.2) is 11.6 Å². The molecule has 0 saturated carbocycles. The molecule has 0 amide bonds. The number of aromatic nitrogens is 1. The highest BCUT2D eigenvalue weighted by atomic mass is 32.1. The highest BCUT2D eigenvalue weighted by Crippen LogP contribution is 2.18. The van der Waals surface area contributed by atoms with Crippen LogP contribution < -0.4 is 4.74 Å². The van der Waals surface area contributed by atoms with E-state index in [-0.39, 0.29) is 0 Å². The lowest BCUT2D eigenvalue weighted by atomic mass is 10.1. The van der Waals surface area contributed by atoms with Crippen molar-refractivity contribution in [2.75, 3.05) is 6.61 Å². The quantitative estimate of drug-likeness (QED) is 0.841. The molecule has 0 spiro atoms. The van der Waals surface area contributed by atoms with Crippen LogP contribution in [0.1, 0.15) is 21.0 Å². The maximum atomic E-state index is 5.74. The molecular weight excluding hydrogens is 262 g/mol. The molecule has 0 aliphatic carbocycles. The Balaban J connectivity index is 1.86. The van der Waals surface area contributed by atoms with Crippen LogP contribution in [0.4, 0.5) is 0 Å². The van der Waals surface area contributed by atoms with Crippen molar-refractivity contribution in [1.82, 2.24) is 4.98 Å². The number of hydrogen-bond donors (Lipinski definition) is 1. The molecular formula is C14H17NOS2. The lowest BCUT2D eigenvalue weighted by Crippen LogP contribution is -2.01. The van der Waals surface area contributed by atoms with E-state index in [1.54, 1.807) is 11.3 Å². The van der Waals surface area contributed by atoms with E-state index in [4.69, 9.17) is 4.74 Å². The van der Waals surface area contributed by atoms with Crippen LogP contribution in [0.15, 0.2) is 24.4 Å². The normalized spacial score (nSPS) is 10.6. The van der Waals surface area contributed by atoms with Gasteiger partial charge in [-0.15, -0.1) is 11.3 Å². The zero-order valence-electron chi connectivity index (χ0n) is 10.6. The van der Waals surface area contributed by atoms with Gasteiger partial charge in [0.1, 0.15) is 5.75 Å². The molecule has 18 heavy (non-hydrogen) atoms. The molecule has 0 aliphatic heterocycles. The van der Waals surface area contributed by atoms with Crippen LogP contribution in [0.3, 0.4) is 0 Å². The van der Waals surface area contributed by atoms with Crippen molar-refractivity contribution in [2.45, 2.75) is 26.0 Å². The van der Waals surface area contributed by atoms with Crippen molar-refractivity contribution < 1.29 is 4.74 Å². The fourth-order valence-corrected chi connectivity index (χ4v) is 2.64. The third-order valence-corrected chi connectivity index (χ3v) is 4.43. The second-order valence-electron chi connectivity index (χ2n) is 4.22. The number of thiazole rings is 1. The Bertz CT molecular complexity index is 522. The van der Waals surface area contributed by atoms with Crippen LogP contribution >= 0.6 is 24.0 Å². The Morgan fingerprint density at radius 1 is 1.28 bits per heavy atom. The molecule has 1 aromatic heterocycles. The second-order valence-corrected chi connectivity index (χ2v) is 5.74. The topological polar surface area (TPSA) is 22.1 Å². The molecule has 2 rings (SSSR count). The SMILES string of the molecule is Cc1ccc(OCCc2ncc(CS)s2)cc1C. The van der Waals surface area contributed by atoms with Crippen molar-refractivity contribution in [1.29, 1.82) is 0 Å². The van der Waals surface area contributed by atoms with E-state index >= 15 is 0 Å². The van der Waals surface area contributed by atoms with Gasteiger partial charge in [0.25, 0.3) is 0 Å². The van der Waals surface area contributed by atoms with E-state index in [2.05, 4.69) is 43.6 Å². The Hall–Kier alpha value is -1.00. The number of rotatable bonds is 5. The molecule has 0 unspecified atom stereocenters. The first kappa shape index (κ1) is 13.4. The molecule has 0 saturated heterocycles. The van der Waals surface area contributed by atoms with Crippen molar-refractivity contribution in [3.63, 3.8) is 0 Å². The number of aryl methyl sites for hydroxylation is 2. The number of nitrogens with zero attached hydrogens (tertiary/aromatic N) is 1. The monoisotopic (exact) mass is 279 g/mol. The highest BCUT2D eigenvalue weighted by molar-refractivity contribution is 7.79. The lowest BCUT2D eigenvalue weighted by molar-refractivity contribution is 0.321. The van der Waals surface area contributed by atoms with Gasteiger partial charge in [0.05, 0.1) is 11.6 Å². The fourth-order valence-electron chi connectivity index (χ4n) is 1.60. The van der Waals surface area contributed by atoms with Gasteiger partial charge in [0, 0.05) is 23.2 Å². The van der Waals surface area contributed by atoms with Gasteiger partial charge in [-0.05, 0) is 37.1 Å². The first-order chi connectivity index (χ1) is 8.69. The van der Waals surface area contributed by atoms with Crippen molar-refractivity contribution >= 4 is 24.0 Å². The van der Waals surface area contributed by atoms with Crippen LogP contribution in [0.25, 0.3) is 0 Å². The molecule has 0 aliphatic rings. The Morgan fingerprint density at radius 3 is 2.78 bits per heavy atom. The van der Waals surface area contributed by atoms with Gasteiger partial charge in [-0.3, -0.25) is 0 Å². The van der Waals surface area contributed by atoms with E-state index in [1.807, 2.05) is 12.3 Å². The average molecular weight is 279 g/mol. The summed E-state index contributed by atoms with van der Waals surface area (Å²) in [5.41, 5.74) is 2.56. The van der Waals surface area contributed by atoms with E-state index in [1.165, 1.54) is 16.0 Å². The van der Waals surface area contributed by atoms with E-state index < -0.39 is 0 Å². The molecule has 1 aromatic carbocycles. The van der Waals surface area contributed by atoms with E-state index in [0.717, 1.165) is 22.9 Å². The van der Waals surface area contributed by atoms with Gasteiger partial charge in [-0.25, -0.2) is 4.98 Å². The van der Waals surface area contributed by atoms with Crippen molar-refractivity contribution in [2.24, 2.45) is 0 Å². The van der Waals surface area contributed by atoms with Gasteiger partial charge < -0.3 is 4.74 Å². The Kier molecular flexibility index (Phi) is 4.66. The maximum Gasteiger partial charge on any atom is 0.119 e. The summed E-state index contributed by atoms with van der Waals surface area (Å²) in [7, 11) is 0. The highest BCUT2D eigenvalue weighted by Gasteiger charge is 2.02. The predicted molar refractivity (Wildman–Crippen MR) is 79.9 cm³/mol. The summed E-state index contributed by atoms with van der Waals surface area (Å²) in [4.78, 5) is 5.55. The van der Waals surface area contributed by atoms with E-state index in [9.17, 15) is 0 Å². The van der Waals surface area contributed by atoms with Gasteiger partial charge in [0.2, 0.25) is 0 Å². The van der Waals surface area contributed by atoms with E-state index in [0.29, 0.717) is 6.61 Å². The summed E-state index contributed by atoms with van der Waals surface area (Å²) in [5.74, 6) is 1.69. The molecule has 0 N–H and O–H groups in total. The van der Waals surface area contributed by atoms with Crippen LogP contribution in [0.5, 0.6) is 5.75 Å². The first-order valence-electron chi connectivity index (χ1n) is 5.93. The summed E-state index contributed by atoms with van der Waals surface area (Å²) in [6, 6.07) is 6.19. The van der Waals surface area contributed by atoms with Crippen molar-refractivity contribution in [3.05, 3.63) is 45.4 Å². The molecule has 2 aromatic rings. The summed E-state index contributed by atoms with van der Waals surface area (Å²) >= 11 is 5.94. The summed E-state index contributed by atoms with van der Waals surface area (Å²) in [6.07, 6.45) is 2.74. The predicted octanol–water partition coefficient (Wildman–Crippen LogP) is 3.81.